The topological polar surface area (TPSA) is 106 Å². The summed E-state index contributed by atoms with van der Waals surface area (Å²) in [5.41, 5.74) is 1.86. The molecule has 4 aromatic rings. The maximum atomic E-state index is 13.4. The van der Waals surface area contributed by atoms with E-state index in [0.29, 0.717) is 38.6 Å². The van der Waals surface area contributed by atoms with Crippen LogP contribution in [0.1, 0.15) is 29.7 Å². The van der Waals surface area contributed by atoms with Gasteiger partial charge in [-0.2, -0.15) is 0 Å². The number of benzene rings is 2. The Morgan fingerprint density at radius 1 is 1.11 bits per heavy atom. The van der Waals surface area contributed by atoms with E-state index >= 15 is 0 Å². The first-order valence-corrected chi connectivity index (χ1v) is 13.8. The number of hydrogen-bond acceptors (Lipinski definition) is 9. The average molecular weight is 565 g/mol. The number of ether oxygens (including phenoxy) is 1. The Balaban J connectivity index is 1.55. The number of carbonyl (C=O) groups excluding carboxylic acids is 2. The van der Waals surface area contributed by atoms with Crippen LogP contribution in [0.15, 0.2) is 83.0 Å². The standard InChI is InChI=1S/C27H21ClN4O4S2/c1-2-36-19-8-5-7-17(14-19)22-21(23(33)16-10-12-29-13-11-16)24(34)25(35)32(22)26-30-31-27(38-26)37-15-18-6-3-4-9-20(18)28/h3-14,22,33H,2,15H2,1H3. The van der Waals surface area contributed by atoms with E-state index in [-0.39, 0.29) is 16.5 Å². The number of anilines is 1. The monoisotopic (exact) mass is 564 g/mol. The number of amides is 1. The van der Waals surface area contributed by atoms with Crippen LogP contribution < -0.4 is 9.64 Å². The van der Waals surface area contributed by atoms with E-state index in [2.05, 4.69) is 15.2 Å². The second-order valence-electron chi connectivity index (χ2n) is 8.14. The Kier molecular flexibility index (Phi) is 7.73. The molecule has 1 unspecified atom stereocenters. The molecule has 0 aliphatic carbocycles. The van der Waals surface area contributed by atoms with Gasteiger partial charge in [0.25, 0.3) is 5.78 Å². The van der Waals surface area contributed by atoms with Gasteiger partial charge >= 0.3 is 5.91 Å². The van der Waals surface area contributed by atoms with Crippen LogP contribution in [0, 0.1) is 0 Å². The lowest BCUT2D eigenvalue weighted by atomic mass is 9.95. The number of halogens is 1. The Bertz CT molecular complexity index is 1530. The van der Waals surface area contributed by atoms with Crippen molar-refractivity contribution >= 4 is 57.3 Å². The fraction of sp³-hybridized carbons (Fsp3) is 0.148. The molecule has 1 saturated heterocycles. The molecule has 0 radical (unpaired) electrons. The van der Waals surface area contributed by atoms with E-state index in [0.717, 1.165) is 5.56 Å². The van der Waals surface area contributed by atoms with Gasteiger partial charge in [0.1, 0.15) is 11.5 Å². The van der Waals surface area contributed by atoms with Crippen LogP contribution in [0.4, 0.5) is 5.13 Å². The molecule has 2 aromatic heterocycles. The maximum Gasteiger partial charge on any atom is 0.301 e. The number of rotatable bonds is 8. The predicted molar refractivity (Wildman–Crippen MR) is 148 cm³/mol. The number of aromatic nitrogens is 3. The van der Waals surface area contributed by atoms with E-state index in [1.165, 1.54) is 40.4 Å². The smallest absolute Gasteiger partial charge is 0.301 e. The van der Waals surface area contributed by atoms with Crippen LogP contribution in [-0.2, 0) is 15.3 Å². The SMILES string of the molecule is CCOc1cccc(C2C(=C(O)c3ccncc3)C(=O)C(=O)N2c2nnc(SCc3ccccc3Cl)s2)c1. The summed E-state index contributed by atoms with van der Waals surface area (Å²) in [6, 6.07) is 16.8. The zero-order valence-electron chi connectivity index (χ0n) is 20.1. The van der Waals surface area contributed by atoms with Crippen molar-refractivity contribution in [2.45, 2.75) is 23.1 Å². The Morgan fingerprint density at radius 2 is 1.89 bits per heavy atom. The lowest BCUT2D eigenvalue weighted by Crippen LogP contribution is -2.29. The molecule has 2 aromatic carbocycles. The zero-order valence-corrected chi connectivity index (χ0v) is 22.5. The number of aliphatic hydroxyl groups is 1. The third kappa shape index (κ3) is 5.15. The molecule has 1 aliphatic rings. The number of ketones is 1. The van der Waals surface area contributed by atoms with Gasteiger partial charge in [-0.1, -0.05) is 65.0 Å². The van der Waals surface area contributed by atoms with Crippen molar-refractivity contribution in [3.8, 4) is 5.75 Å². The highest BCUT2D eigenvalue weighted by Crippen LogP contribution is 2.44. The number of thioether (sulfide) groups is 1. The highest BCUT2D eigenvalue weighted by atomic mass is 35.5. The fourth-order valence-corrected chi connectivity index (χ4v) is 6.22. The Labute approximate surface area is 232 Å². The second-order valence-corrected chi connectivity index (χ2v) is 10.7. The average Bonchev–Trinajstić information content (AvgIpc) is 3.50. The number of nitrogens with zero attached hydrogens (tertiary/aromatic N) is 4. The van der Waals surface area contributed by atoms with E-state index in [1.54, 1.807) is 36.4 Å². The van der Waals surface area contributed by atoms with Crippen molar-refractivity contribution in [3.05, 3.63) is 100 Å². The fourth-order valence-electron chi connectivity index (χ4n) is 4.06. The molecular weight excluding hydrogens is 544 g/mol. The molecule has 38 heavy (non-hydrogen) atoms. The molecule has 0 saturated carbocycles. The van der Waals surface area contributed by atoms with Gasteiger partial charge in [0.05, 0.1) is 18.2 Å². The first-order valence-electron chi connectivity index (χ1n) is 11.6. The van der Waals surface area contributed by atoms with E-state index in [4.69, 9.17) is 16.3 Å². The van der Waals surface area contributed by atoms with Crippen LogP contribution in [0.2, 0.25) is 5.02 Å². The van der Waals surface area contributed by atoms with Gasteiger partial charge in [0.15, 0.2) is 4.34 Å². The first-order chi connectivity index (χ1) is 18.5. The van der Waals surface area contributed by atoms with E-state index < -0.39 is 17.7 Å². The van der Waals surface area contributed by atoms with Crippen LogP contribution in [0.25, 0.3) is 5.76 Å². The largest absolute Gasteiger partial charge is 0.507 e. The molecule has 0 spiro atoms. The molecule has 1 amide bonds. The van der Waals surface area contributed by atoms with E-state index in [1.807, 2.05) is 31.2 Å². The number of aliphatic hydroxyl groups excluding tert-OH is 1. The van der Waals surface area contributed by atoms with Crippen molar-refractivity contribution in [2.75, 3.05) is 11.5 Å². The molecule has 3 heterocycles. The van der Waals surface area contributed by atoms with Crippen LogP contribution in [0.5, 0.6) is 5.75 Å². The van der Waals surface area contributed by atoms with Gasteiger partial charge < -0.3 is 9.84 Å². The Morgan fingerprint density at radius 3 is 2.66 bits per heavy atom. The quantitative estimate of drug-likeness (QED) is 0.0926. The second kappa shape index (κ2) is 11.3. The summed E-state index contributed by atoms with van der Waals surface area (Å²) in [7, 11) is 0. The number of hydrogen-bond donors (Lipinski definition) is 1. The van der Waals surface area contributed by atoms with Gasteiger partial charge in [0.2, 0.25) is 5.13 Å². The van der Waals surface area contributed by atoms with Crippen LogP contribution in [0.3, 0.4) is 0 Å². The van der Waals surface area contributed by atoms with Gasteiger partial charge in [-0.05, 0) is 48.4 Å². The molecular formula is C27H21ClN4O4S2. The Hall–Kier alpha value is -3.73. The van der Waals surface area contributed by atoms with Crippen molar-refractivity contribution in [1.29, 1.82) is 0 Å². The summed E-state index contributed by atoms with van der Waals surface area (Å²) in [6.45, 7) is 2.31. The van der Waals surface area contributed by atoms with E-state index in [9.17, 15) is 14.7 Å². The minimum Gasteiger partial charge on any atom is -0.507 e. The summed E-state index contributed by atoms with van der Waals surface area (Å²) >= 11 is 8.89. The molecule has 192 valence electrons. The molecule has 1 fully saturated rings. The predicted octanol–water partition coefficient (Wildman–Crippen LogP) is 5.90. The van der Waals surface area contributed by atoms with Gasteiger partial charge in [-0.15, -0.1) is 10.2 Å². The van der Waals surface area contributed by atoms with Gasteiger partial charge in [0, 0.05) is 28.7 Å². The molecule has 1 N–H and O–H groups in total. The molecule has 11 heteroatoms. The third-order valence-corrected chi connectivity index (χ3v) is 8.27. The highest BCUT2D eigenvalue weighted by molar-refractivity contribution is 8.00. The normalized spacial score (nSPS) is 16.7. The maximum absolute atomic E-state index is 13.4. The summed E-state index contributed by atoms with van der Waals surface area (Å²) < 4.78 is 6.26. The van der Waals surface area contributed by atoms with Crippen LogP contribution in [-0.4, -0.2) is 38.6 Å². The number of Topliss-reactive ketones (excluding diaryl/α,β-unsaturated/α-hetero) is 1. The molecule has 0 bridgehead atoms. The molecule has 8 nitrogen and oxygen atoms in total. The molecule has 1 aliphatic heterocycles. The summed E-state index contributed by atoms with van der Waals surface area (Å²) in [5, 5.41) is 20.6. The minimum atomic E-state index is -0.932. The summed E-state index contributed by atoms with van der Waals surface area (Å²) in [4.78, 5) is 32.0. The molecule has 5 rings (SSSR count). The lowest BCUT2D eigenvalue weighted by molar-refractivity contribution is -0.132. The molecule has 1 atom stereocenters. The van der Waals surface area contributed by atoms with Gasteiger partial charge in [-0.25, -0.2) is 0 Å². The summed E-state index contributed by atoms with van der Waals surface area (Å²) in [6.07, 6.45) is 3.01. The van der Waals surface area contributed by atoms with Crippen molar-refractivity contribution in [1.82, 2.24) is 15.2 Å². The van der Waals surface area contributed by atoms with Crippen molar-refractivity contribution in [2.24, 2.45) is 0 Å². The zero-order chi connectivity index (χ0) is 26.6. The van der Waals surface area contributed by atoms with Gasteiger partial charge in [-0.3, -0.25) is 19.5 Å². The lowest BCUT2D eigenvalue weighted by Gasteiger charge is -2.23. The van der Waals surface area contributed by atoms with Crippen molar-refractivity contribution < 1.29 is 19.4 Å². The third-order valence-electron chi connectivity index (χ3n) is 5.79. The number of carbonyl (C=O) groups is 2. The van der Waals surface area contributed by atoms with Crippen molar-refractivity contribution in [3.63, 3.8) is 0 Å². The minimum absolute atomic E-state index is 0.0460. The first kappa shape index (κ1) is 25.9. The summed E-state index contributed by atoms with van der Waals surface area (Å²) in [5.74, 6) is -0.766. The van der Waals surface area contributed by atoms with Crippen LogP contribution >= 0.6 is 34.7 Å². The highest BCUT2D eigenvalue weighted by Gasteiger charge is 2.48. The number of pyridine rings is 1.